The zero-order valence-corrected chi connectivity index (χ0v) is 11.7. The van der Waals surface area contributed by atoms with Crippen LogP contribution >= 0.6 is 0 Å². The minimum Gasteiger partial charge on any atom is -0.409 e. The number of oxime groups is 1. The van der Waals surface area contributed by atoms with Crippen molar-refractivity contribution in [2.45, 2.75) is 20.0 Å². The normalized spacial score (nSPS) is 11.8. The molecular weight excluding hydrogens is 254 g/mol. The molecule has 0 bridgehead atoms. The molecule has 0 amide bonds. The van der Waals surface area contributed by atoms with Gasteiger partial charge in [0.2, 0.25) is 0 Å². The summed E-state index contributed by atoms with van der Waals surface area (Å²) in [4.78, 5) is 0. The van der Waals surface area contributed by atoms with Crippen LogP contribution in [0.15, 0.2) is 35.6 Å². The third kappa shape index (κ3) is 3.16. The second kappa shape index (κ2) is 6.21. The fraction of sp³-hybridized carbons (Fsp3) is 0.286. The predicted octanol–water partition coefficient (Wildman–Crippen LogP) is 1.11. The first kappa shape index (κ1) is 14.1. The zero-order valence-electron chi connectivity index (χ0n) is 11.7. The van der Waals surface area contributed by atoms with E-state index in [9.17, 15) is 0 Å². The molecule has 106 valence electrons. The molecule has 1 heterocycles. The summed E-state index contributed by atoms with van der Waals surface area (Å²) in [6.07, 6.45) is 1.88. The lowest BCUT2D eigenvalue weighted by Crippen LogP contribution is -2.15. The van der Waals surface area contributed by atoms with Crippen LogP contribution in [0.3, 0.4) is 0 Å². The fourth-order valence-electron chi connectivity index (χ4n) is 1.91. The SMILES string of the molecule is Cc1c(CNCc2ccc(/C(N)=N/O)cc2)cnn1C. The van der Waals surface area contributed by atoms with Gasteiger partial charge in [-0.1, -0.05) is 29.4 Å². The van der Waals surface area contributed by atoms with E-state index >= 15 is 0 Å². The van der Waals surface area contributed by atoms with Crippen LogP contribution in [-0.4, -0.2) is 20.8 Å². The Balaban J connectivity index is 1.90. The molecule has 6 heteroatoms. The van der Waals surface area contributed by atoms with Crippen LogP contribution in [0.5, 0.6) is 0 Å². The number of nitrogens with one attached hydrogen (secondary N) is 1. The third-order valence-electron chi connectivity index (χ3n) is 3.34. The van der Waals surface area contributed by atoms with Crippen molar-refractivity contribution in [3.8, 4) is 0 Å². The molecule has 1 aromatic carbocycles. The van der Waals surface area contributed by atoms with E-state index in [0.717, 1.165) is 18.7 Å². The van der Waals surface area contributed by atoms with Gasteiger partial charge >= 0.3 is 0 Å². The molecule has 0 radical (unpaired) electrons. The zero-order chi connectivity index (χ0) is 14.5. The molecule has 1 aromatic heterocycles. The highest BCUT2D eigenvalue weighted by molar-refractivity contribution is 5.96. The first-order chi connectivity index (χ1) is 9.61. The van der Waals surface area contributed by atoms with E-state index in [1.54, 1.807) is 0 Å². The highest BCUT2D eigenvalue weighted by Gasteiger charge is 2.03. The molecule has 2 aromatic rings. The number of hydrogen-bond acceptors (Lipinski definition) is 4. The molecule has 0 fully saturated rings. The second-order valence-corrected chi connectivity index (χ2v) is 4.66. The van der Waals surface area contributed by atoms with Gasteiger partial charge in [0.15, 0.2) is 5.84 Å². The molecule has 0 unspecified atom stereocenters. The monoisotopic (exact) mass is 273 g/mol. The van der Waals surface area contributed by atoms with Crippen molar-refractivity contribution in [1.29, 1.82) is 0 Å². The van der Waals surface area contributed by atoms with E-state index in [0.29, 0.717) is 5.56 Å². The summed E-state index contributed by atoms with van der Waals surface area (Å²) >= 11 is 0. The second-order valence-electron chi connectivity index (χ2n) is 4.66. The largest absolute Gasteiger partial charge is 0.409 e. The summed E-state index contributed by atoms with van der Waals surface area (Å²) in [5.74, 6) is 0.121. The lowest BCUT2D eigenvalue weighted by Gasteiger charge is -2.06. The number of hydrogen-bond donors (Lipinski definition) is 3. The van der Waals surface area contributed by atoms with E-state index < -0.39 is 0 Å². The molecule has 4 N–H and O–H groups in total. The van der Waals surface area contributed by atoms with Gasteiger partial charge in [-0.25, -0.2) is 0 Å². The Labute approximate surface area is 117 Å². The van der Waals surface area contributed by atoms with Crippen LogP contribution in [0.25, 0.3) is 0 Å². The molecule has 6 nitrogen and oxygen atoms in total. The van der Waals surface area contributed by atoms with Crippen LogP contribution in [-0.2, 0) is 20.1 Å². The standard InChI is InChI=1S/C14H19N5O/c1-10-13(9-17-19(10)2)8-16-7-11-3-5-12(6-4-11)14(15)18-20/h3-6,9,16,20H,7-8H2,1-2H3,(H2,15,18). The van der Waals surface area contributed by atoms with Gasteiger partial charge in [0.25, 0.3) is 0 Å². The number of aryl methyl sites for hydroxylation is 1. The molecule has 0 saturated heterocycles. The Morgan fingerprint density at radius 2 is 2.05 bits per heavy atom. The smallest absolute Gasteiger partial charge is 0.170 e. The maximum Gasteiger partial charge on any atom is 0.170 e. The quantitative estimate of drug-likeness (QED) is 0.329. The van der Waals surface area contributed by atoms with Crippen molar-refractivity contribution in [3.63, 3.8) is 0 Å². The number of nitrogens with two attached hydrogens (primary N) is 1. The van der Waals surface area contributed by atoms with E-state index in [1.807, 2.05) is 42.2 Å². The Morgan fingerprint density at radius 3 is 2.60 bits per heavy atom. The predicted molar refractivity (Wildman–Crippen MR) is 77.4 cm³/mol. The van der Waals surface area contributed by atoms with Gasteiger partial charge in [0.1, 0.15) is 0 Å². The summed E-state index contributed by atoms with van der Waals surface area (Å²) in [6.45, 7) is 3.59. The molecule has 0 aliphatic rings. The molecule has 0 saturated carbocycles. The minimum atomic E-state index is 0.121. The van der Waals surface area contributed by atoms with E-state index in [2.05, 4.69) is 22.5 Å². The van der Waals surface area contributed by atoms with Gasteiger partial charge in [-0.15, -0.1) is 0 Å². The number of nitrogens with zero attached hydrogens (tertiary/aromatic N) is 3. The maximum atomic E-state index is 8.60. The molecule has 0 aliphatic carbocycles. The van der Waals surface area contributed by atoms with Gasteiger partial charge < -0.3 is 16.3 Å². The summed E-state index contributed by atoms with van der Waals surface area (Å²) in [6, 6.07) is 7.58. The lowest BCUT2D eigenvalue weighted by atomic mass is 10.1. The van der Waals surface area contributed by atoms with Crippen molar-refractivity contribution in [2.24, 2.45) is 17.9 Å². The number of rotatable bonds is 5. The van der Waals surface area contributed by atoms with Crippen molar-refractivity contribution in [3.05, 3.63) is 52.8 Å². The molecule has 0 spiro atoms. The highest BCUT2D eigenvalue weighted by Crippen LogP contribution is 2.07. The summed E-state index contributed by atoms with van der Waals surface area (Å²) in [7, 11) is 1.94. The van der Waals surface area contributed by atoms with Crippen molar-refractivity contribution in [2.75, 3.05) is 0 Å². The number of amidine groups is 1. The van der Waals surface area contributed by atoms with Crippen LogP contribution in [0.1, 0.15) is 22.4 Å². The Kier molecular flexibility index (Phi) is 4.37. The van der Waals surface area contributed by atoms with Gasteiger partial charge in [-0.05, 0) is 12.5 Å². The molecule has 0 atom stereocenters. The van der Waals surface area contributed by atoms with E-state index in [4.69, 9.17) is 10.9 Å². The molecule has 20 heavy (non-hydrogen) atoms. The van der Waals surface area contributed by atoms with E-state index in [1.165, 1.54) is 11.3 Å². The fourth-order valence-corrected chi connectivity index (χ4v) is 1.91. The van der Waals surface area contributed by atoms with Gasteiger partial charge in [-0.3, -0.25) is 4.68 Å². The Morgan fingerprint density at radius 1 is 1.35 bits per heavy atom. The van der Waals surface area contributed by atoms with E-state index in [-0.39, 0.29) is 5.84 Å². The molecular formula is C14H19N5O. The molecule has 2 rings (SSSR count). The summed E-state index contributed by atoms with van der Waals surface area (Å²) in [5.41, 5.74) is 9.72. The number of benzene rings is 1. The first-order valence-corrected chi connectivity index (χ1v) is 6.37. The summed E-state index contributed by atoms with van der Waals surface area (Å²) in [5, 5.41) is 19.1. The Hall–Kier alpha value is -2.34. The minimum absolute atomic E-state index is 0.121. The van der Waals surface area contributed by atoms with Crippen molar-refractivity contribution < 1.29 is 5.21 Å². The Bertz CT molecular complexity index is 601. The lowest BCUT2D eigenvalue weighted by molar-refractivity contribution is 0.318. The van der Waals surface area contributed by atoms with Crippen molar-refractivity contribution in [1.82, 2.24) is 15.1 Å². The average Bonchev–Trinajstić information content (AvgIpc) is 2.79. The van der Waals surface area contributed by atoms with Crippen molar-refractivity contribution >= 4 is 5.84 Å². The third-order valence-corrected chi connectivity index (χ3v) is 3.34. The van der Waals surface area contributed by atoms with Crippen LogP contribution < -0.4 is 11.1 Å². The highest BCUT2D eigenvalue weighted by atomic mass is 16.4. The molecule has 0 aliphatic heterocycles. The topological polar surface area (TPSA) is 88.5 Å². The maximum absolute atomic E-state index is 8.60. The van der Waals surface area contributed by atoms with Gasteiger partial charge in [0.05, 0.1) is 6.20 Å². The average molecular weight is 273 g/mol. The van der Waals surface area contributed by atoms with Crippen LogP contribution in [0.4, 0.5) is 0 Å². The van der Waals surface area contributed by atoms with Crippen LogP contribution in [0, 0.1) is 6.92 Å². The van der Waals surface area contributed by atoms with Gasteiger partial charge in [0, 0.05) is 37.0 Å². The summed E-state index contributed by atoms with van der Waals surface area (Å²) < 4.78 is 1.86. The van der Waals surface area contributed by atoms with Crippen LogP contribution in [0.2, 0.25) is 0 Å². The number of aromatic nitrogens is 2. The van der Waals surface area contributed by atoms with Gasteiger partial charge in [-0.2, -0.15) is 5.10 Å². The first-order valence-electron chi connectivity index (χ1n) is 6.37.